The Morgan fingerprint density at radius 1 is 1.21 bits per heavy atom. The summed E-state index contributed by atoms with van der Waals surface area (Å²) in [6.07, 6.45) is 5.62. The summed E-state index contributed by atoms with van der Waals surface area (Å²) in [5, 5.41) is 0. The van der Waals surface area contributed by atoms with Crippen molar-refractivity contribution in [1.82, 2.24) is 4.31 Å². The van der Waals surface area contributed by atoms with Gasteiger partial charge in [0.15, 0.2) is 5.78 Å². The predicted molar refractivity (Wildman–Crippen MR) is 77.8 cm³/mol. The van der Waals surface area contributed by atoms with Gasteiger partial charge in [-0.05, 0) is 37.7 Å². The lowest BCUT2D eigenvalue weighted by atomic mass is 9.55. The Balaban J connectivity index is 2.28. The summed E-state index contributed by atoms with van der Waals surface area (Å²) < 4.78 is 64.0. The van der Waals surface area contributed by atoms with Crippen LogP contribution in [-0.2, 0) is 19.6 Å². The Bertz CT molecular complexity index is 783. The molecule has 4 rings (SSSR count). The average molecular weight is 363 g/mol. The van der Waals surface area contributed by atoms with Crippen molar-refractivity contribution in [2.24, 2.45) is 17.3 Å². The van der Waals surface area contributed by atoms with Gasteiger partial charge in [-0.3, -0.25) is 13.9 Å². The van der Waals surface area contributed by atoms with Gasteiger partial charge in [-0.25, -0.2) is 0 Å². The van der Waals surface area contributed by atoms with E-state index in [4.69, 9.17) is 0 Å². The number of carbonyl (C=O) groups excluding carboxylic acids is 2. The zero-order valence-corrected chi connectivity index (χ0v) is 13.8. The van der Waals surface area contributed by atoms with Crippen LogP contribution in [0.3, 0.4) is 0 Å². The van der Waals surface area contributed by atoms with Crippen LogP contribution in [0.4, 0.5) is 13.2 Å². The summed E-state index contributed by atoms with van der Waals surface area (Å²) in [4.78, 5) is 24.3. The van der Waals surface area contributed by atoms with Crippen molar-refractivity contribution in [2.75, 3.05) is 0 Å². The standard InChI is InChI=1S/C15H16F3NO4S/c1-8(20)12-7-14(9(2)21)11-5-3-10(4-6-11)13(14)19(12)24(22,23)15(16,17)18/h3,5,7,10-11,13H,4,6H2,1-2H3/t10-,11+,13+,14+/m1/s1. The molecule has 0 amide bonds. The number of carbonyl (C=O) groups is 2. The molecular weight excluding hydrogens is 347 g/mol. The number of hydrogen-bond acceptors (Lipinski definition) is 4. The second-order valence-electron chi connectivity index (χ2n) is 6.50. The molecule has 24 heavy (non-hydrogen) atoms. The van der Waals surface area contributed by atoms with E-state index < -0.39 is 56.1 Å². The number of hydrogen-bond donors (Lipinski definition) is 0. The minimum Gasteiger partial charge on any atom is -0.299 e. The van der Waals surface area contributed by atoms with Crippen LogP contribution in [0.25, 0.3) is 0 Å². The van der Waals surface area contributed by atoms with E-state index in [1.165, 1.54) is 6.92 Å². The minimum atomic E-state index is -5.78. The fourth-order valence-corrected chi connectivity index (χ4v) is 5.59. The lowest BCUT2D eigenvalue weighted by molar-refractivity contribution is -0.131. The van der Waals surface area contributed by atoms with E-state index in [9.17, 15) is 31.2 Å². The lowest BCUT2D eigenvalue weighted by Gasteiger charge is -2.51. The molecule has 0 spiro atoms. The van der Waals surface area contributed by atoms with Crippen LogP contribution < -0.4 is 0 Å². The first kappa shape index (κ1) is 17.2. The number of rotatable bonds is 3. The molecule has 0 saturated heterocycles. The average Bonchev–Trinajstić information content (AvgIpc) is 2.87. The molecule has 9 heteroatoms. The van der Waals surface area contributed by atoms with Gasteiger partial charge < -0.3 is 0 Å². The molecule has 0 aromatic carbocycles. The second kappa shape index (κ2) is 4.93. The molecule has 5 nitrogen and oxygen atoms in total. The van der Waals surface area contributed by atoms with E-state index in [0.29, 0.717) is 12.8 Å². The maximum Gasteiger partial charge on any atom is 0.516 e. The largest absolute Gasteiger partial charge is 0.516 e. The highest BCUT2D eigenvalue weighted by Gasteiger charge is 2.66. The lowest BCUT2D eigenvalue weighted by Crippen LogP contribution is -2.59. The van der Waals surface area contributed by atoms with E-state index in [2.05, 4.69) is 0 Å². The van der Waals surface area contributed by atoms with Crippen LogP contribution in [0.15, 0.2) is 23.9 Å². The summed E-state index contributed by atoms with van der Waals surface area (Å²) in [5.41, 5.74) is -7.51. The molecule has 132 valence electrons. The molecule has 0 N–H and O–H groups in total. The zero-order valence-electron chi connectivity index (χ0n) is 13.0. The molecule has 1 heterocycles. The van der Waals surface area contributed by atoms with Crippen LogP contribution in [0.1, 0.15) is 26.7 Å². The van der Waals surface area contributed by atoms with Gasteiger partial charge in [0.05, 0.1) is 17.2 Å². The first-order chi connectivity index (χ1) is 10.9. The molecule has 0 aromatic heterocycles. The van der Waals surface area contributed by atoms with Crippen LogP contribution in [0, 0.1) is 17.3 Å². The Labute approximate surface area is 137 Å². The van der Waals surface area contributed by atoms with E-state index in [1.807, 2.05) is 0 Å². The maximum atomic E-state index is 13.2. The second-order valence-corrected chi connectivity index (χ2v) is 8.31. The SMILES string of the molecule is CC(=O)C1=C[C@@]2(C(C)=O)[C@H]([C@@H]3C=C[C@H]2CC3)N1S(=O)(=O)C(F)(F)F. The van der Waals surface area contributed by atoms with Crippen molar-refractivity contribution in [3.8, 4) is 0 Å². The van der Waals surface area contributed by atoms with Crippen molar-refractivity contribution in [1.29, 1.82) is 0 Å². The van der Waals surface area contributed by atoms with E-state index in [1.54, 1.807) is 12.2 Å². The topological polar surface area (TPSA) is 71.5 Å². The third-order valence-corrected chi connectivity index (χ3v) is 6.82. The molecule has 0 aromatic rings. The van der Waals surface area contributed by atoms with E-state index in [0.717, 1.165) is 13.0 Å². The number of nitrogens with zero attached hydrogens (tertiary/aromatic N) is 1. The van der Waals surface area contributed by atoms with Crippen molar-refractivity contribution in [3.63, 3.8) is 0 Å². The zero-order chi connectivity index (χ0) is 18.1. The van der Waals surface area contributed by atoms with Crippen LogP contribution >= 0.6 is 0 Å². The number of ketones is 2. The van der Waals surface area contributed by atoms with Gasteiger partial charge in [-0.1, -0.05) is 12.2 Å². The Hall–Kier alpha value is -1.64. The molecule has 0 radical (unpaired) electrons. The fraction of sp³-hybridized carbons (Fsp3) is 0.600. The van der Waals surface area contributed by atoms with Gasteiger partial charge in [0.25, 0.3) is 0 Å². The minimum absolute atomic E-state index is 0.164. The van der Waals surface area contributed by atoms with Crippen molar-refractivity contribution >= 4 is 21.6 Å². The van der Waals surface area contributed by atoms with Gasteiger partial charge in [0.2, 0.25) is 0 Å². The number of sulfonamides is 1. The molecule has 0 unspecified atom stereocenters. The molecule has 4 atom stereocenters. The molecular formula is C15H16F3NO4S. The quantitative estimate of drug-likeness (QED) is 0.721. The first-order valence-electron chi connectivity index (χ1n) is 7.48. The number of fused-ring (bicyclic) bond motifs is 1. The third kappa shape index (κ3) is 1.96. The highest BCUT2D eigenvalue weighted by molar-refractivity contribution is 7.90. The van der Waals surface area contributed by atoms with Crippen LogP contribution in [0.2, 0.25) is 0 Å². The molecule has 1 fully saturated rings. The van der Waals surface area contributed by atoms with E-state index >= 15 is 0 Å². The Kier molecular flexibility index (Phi) is 3.53. The van der Waals surface area contributed by atoms with Crippen molar-refractivity contribution in [2.45, 2.75) is 38.2 Å². The highest BCUT2D eigenvalue weighted by Crippen LogP contribution is 2.58. The van der Waals surface area contributed by atoms with Gasteiger partial charge >= 0.3 is 15.5 Å². The molecule has 3 aliphatic carbocycles. The predicted octanol–water partition coefficient (Wildman–Crippen LogP) is 2.16. The monoisotopic (exact) mass is 363 g/mol. The number of Topliss-reactive ketones (excluding diaryl/α,β-unsaturated/α-hetero) is 2. The van der Waals surface area contributed by atoms with Crippen LogP contribution in [0.5, 0.6) is 0 Å². The van der Waals surface area contributed by atoms with Crippen molar-refractivity contribution in [3.05, 3.63) is 23.9 Å². The van der Waals surface area contributed by atoms with Gasteiger partial charge in [0, 0.05) is 6.92 Å². The summed E-state index contributed by atoms with van der Waals surface area (Å²) in [6, 6.07) is -1.23. The molecule has 1 aliphatic heterocycles. The summed E-state index contributed by atoms with van der Waals surface area (Å²) in [5.74, 6) is -2.18. The maximum absolute atomic E-state index is 13.2. The van der Waals surface area contributed by atoms with E-state index in [-0.39, 0.29) is 4.31 Å². The van der Waals surface area contributed by atoms with Gasteiger partial charge in [0.1, 0.15) is 5.78 Å². The first-order valence-corrected chi connectivity index (χ1v) is 8.92. The highest BCUT2D eigenvalue weighted by atomic mass is 32.2. The fourth-order valence-electron chi connectivity index (χ4n) is 4.29. The summed E-state index contributed by atoms with van der Waals surface area (Å²) in [7, 11) is -5.78. The smallest absolute Gasteiger partial charge is 0.299 e. The Morgan fingerprint density at radius 3 is 2.25 bits per heavy atom. The number of alkyl halides is 3. The van der Waals surface area contributed by atoms with Gasteiger partial charge in [-0.15, -0.1) is 0 Å². The van der Waals surface area contributed by atoms with Crippen LogP contribution in [-0.4, -0.2) is 35.8 Å². The van der Waals surface area contributed by atoms with Crippen molar-refractivity contribution < 1.29 is 31.2 Å². The molecule has 2 bridgehead atoms. The number of allylic oxidation sites excluding steroid dienone is 2. The normalized spacial score (nSPS) is 35.0. The third-order valence-electron chi connectivity index (χ3n) is 5.30. The molecule has 1 saturated carbocycles. The summed E-state index contributed by atoms with van der Waals surface area (Å²) in [6.45, 7) is 2.24. The van der Waals surface area contributed by atoms with Gasteiger partial charge in [-0.2, -0.15) is 21.6 Å². The number of halogens is 3. The molecule has 4 aliphatic rings. The summed E-state index contributed by atoms with van der Waals surface area (Å²) >= 11 is 0. The Morgan fingerprint density at radius 2 is 1.83 bits per heavy atom.